The third kappa shape index (κ3) is 3.68. The number of Topliss-reactive ketones (excluding diaryl/α,β-unsaturated/α-hetero) is 2. The largest absolute Gasteiger partial charge is 0.491 e. The molecule has 0 aliphatic carbocycles. The number of anilines is 1. The lowest BCUT2D eigenvalue weighted by Gasteiger charge is -2.20. The van der Waals surface area contributed by atoms with E-state index in [-0.39, 0.29) is 54.2 Å². The highest BCUT2D eigenvalue weighted by Gasteiger charge is 2.26. The van der Waals surface area contributed by atoms with Gasteiger partial charge in [-0.05, 0) is 31.2 Å². The second kappa shape index (κ2) is 7.17. The van der Waals surface area contributed by atoms with Gasteiger partial charge in [0.05, 0.1) is 12.2 Å². The van der Waals surface area contributed by atoms with Gasteiger partial charge in [-0.25, -0.2) is 0 Å². The molecule has 0 unspecified atom stereocenters. The summed E-state index contributed by atoms with van der Waals surface area (Å²) in [6.45, 7) is 1.33. The number of hydrogen-bond donors (Lipinski definition) is 1. The van der Waals surface area contributed by atoms with Crippen LogP contribution in [0.5, 0.6) is 11.5 Å². The zero-order chi connectivity index (χ0) is 17.8. The number of para-hydroxylation sites is 1. The number of rotatable bonds is 5. The van der Waals surface area contributed by atoms with Crippen LogP contribution in [0, 0.1) is 0 Å². The normalized spacial score (nSPS) is 12.8. The van der Waals surface area contributed by atoms with Crippen LogP contribution in [-0.2, 0) is 4.79 Å². The standard InChI is InChI=1S/C19H17NO5/c1-12(21)18-16(8-7-14-15(22)9-10-24-19(14)18)25-11-17(23)20-13-5-3-2-4-6-13/h2-8H,9-11H2,1H3,(H,20,23). The Balaban J connectivity index is 1.77. The highest BCUT2D eigenvalue weighted by atomic mass is 16.5. The molecule has 0 bridgehead atoms. The maximum absolute atomic E-state index is 12.0. The maximum atomic E-state index is 12.0. The van der Waals surface area contributed by atoms with E-state index in [9.17, 15) is 14.4 Å². The van der Waals surface area contributed by atoms with Crippen LogP contribution in [0.25, 0.3) is 0 Å². The van der Waals surface area contributed by atoms with Gasteiger partial charge in [-0.15, -0.1) is 0 Å². The lowest BCUT2D eigenvalue weighted by Crippen LogP contribution is -2.22. The van der Waals surface area contributed by atoms with Crippen LogP contribution in [0.15, 0.2) is 42.5 Å². The molecule has 1 aliphatic rings. The van der Waals surface area contributed by atoms with E-state index in [1.165, 1.54) is 13.0 Å². The van der Waals surface area contributed by atoms with Crippen LogP contribution in [0.1, 0.15) is 34.1 Å². The minimum atomic E-state index is -0.351. The Morgan fingerprint density at radius 2 is 1.92 bits per heavy atom. The number of carbonyl (C=O) groups is 3. The molecule has 1 heterocycles. The minimum Gasteiger partial charge on any atom is -0.491 e. The Labute approximate surface area is 144 Å². The zero-order valence-electron chi connectivity index (χ0n) is 13.7. The molecule has 2 aromatic rings. The van der Waals surface area contributed by atoms with Crippen molar-refractivity contribution in [3.8, 4) is 11.5 Å². The van der Waals surface area contributed by atoms with Crippen molar-refractivity contribution in [3.63, 3.8) is 0 Å². The van der Waals surface area contributed by atoms with Gasteiger partial charge in [0.15, 0.2) is 18.2 Å². The molecule has 2 aromatic carbocycles. The number of ether oxygens (including phenoxy) is 2. The first-order valence-electron chi connectivity index (χ1n) is 7.88. The van der Waals surface area contributed by atoms with E-state index < -0.39 is 0 Å². The first-order chi connectivity index (χ1) is 12.1. The van der Waals surface area contributed by atoms with Gasteiger partial charge < -0.3 is 14.8 Å². The fraction of sp³-hybridized carbons (Fsp3) is 0.211. The topological polar surface area (TPSA) is 81.7 Å². The van der Waals surface area contributed by atoms with Crippen LogP contribution in [0.2, 0.25) is 0 Å². The number of nitrogens with one attached hydrogen (secondary N) is 1. The van der Waals surface area contributed by atoms with Gasteiger partial charge in [0.25, 0.3) is 5.91 Å². The molecule has 0 atom stereocenters. The Morgan fingerprint density at radius 1 is 1.16 bits per heavy atom. The summed E-state index contributed by atoms with van der Waals surface area (Å²) in [6.07, 6.45) is 0.282. The molecule has 0 radical (unpaired) electrons. The Kier molecular flexibility index (Phi) is 4.79. The smallest absolute Gasteiger partial charge is 0.262 e. The summed E-state index contributed by atoms with van der Waals surface area (Å²) in [7, 11) is 0. The summed E-state index contributed by atoms with van der Waals surface area (Å²) >= 11 is 0. The molecule has 128 valence electrons. The Morgan fingerprint density at radius 3 is 2.64 bits per heavy atom. The predicted molar refractivity (Wildman–Crippen MR) is 91.5 cm³/mol. The molecule has 0 aromatic heterocycles. The van der Waals surface area contributed by atoms with Crippen molar-refractivity contribution < 1.29 is 23.9 Å². The molecule has 1 N–H and O–H groups in total. The van der Waals surface area contributed by atoms with Crippen molar-refractivity contribution in [1.82, 2.24) is 0 Å². The Bertz CT molecular complexity index is 829. The molecule has 0 saturated carbocycles. The van der Waals surface area contributed by atoms with Crippen molar-refractivity contribution in [3.05, 3.63) is 53.6 Å². The lowest BCUT2D eigenvalue weighted by molar-refractivity contribution is -0.118. The van der Waals surface area contributed by atoms with Crippen LogP contribution >= 0.6 is 0 Å². The number of hydrogen-bond acceptors (Lipinski definition) is 5. The quantitative estimate of drug-likeness (QED) is 0.847. The summed E-state index contributed by atoms with van der Waals surface area (Å²) in [4.78, 5) is 36.0. The summed E-state index contributed by atoms with van der Waals surface area (Å²) < 4.78 is 11.0. The predicted octanol–water partition coefficient (Wildman–Crippen LogP) is 2.87. The molecular weight excluding hydrogens is 322 g/mol. The van der Waals surface area contributed by atoms with Gasteiger partial charge in [0.2, 0.25) is 0 Å². The zero-order valence-corrected chi connectivity index (χ0v) is 13.7. The van der Waals surface area contributed by atoms with Gasteiger partial charge in [-0.1, -0.05) is 18.2 Å². The molecule has 25 heavy (non-hydrogen) atoms. The average molecular weight is 339 g/mol. The highest BCUT2D eigenvalue weighted by Crippen LogP contribution is 2.35. The van der Waals surface area contributed by atoms with Crippen LogP contribution in [-0.4, -0.2) is 30.7 Å². The van der Waals surface area contributed by atoms with Gasteiger partial charge >= 0.3 is 0 Å². The molecule has 1 aliphatic heterocycles. The van der Waals surface area contributed by atoms with Gasteiger partial charge in [0, 0.05) is 12.1 Å². The lowest BCUT2D eigenvalue weighted by atomic mass is 9.98. The van der Waals surface area contributed by atoms with Crippen molar-refractivity contribution in [1.29, 1.82) is 0 Å². The van der Waals surface area contributed by atoms with Crippen molar-refractivity contribution in [2.24, 2.45) is 0 Å². The van der Waals surface area contributed by atoms with Crippen molar-refractivity contribution >= 4 is 23.2 Å². The fourth-order valence-electron chi connectivity index (χ4n) is 2.63. The third-order valence-electron chi connectivity index (χ3n) is 3.76. The van der Waals surface area contributed by atoms with E-state index in [0.29, 0.717) is 11.3 Å². The average Bonchev–Trinajstić information content (AvgIpc) is 2.60. The molecule has 0 fully saturated rings. The molecule has 1 amide bonds. The van der Waals surface area contributed by atoms with E-state index >= 15 is 0 Å². The van der Waals surface area contributed by atoms with E-state index in [2.05, 4.69) is 5.32 Å². The van der Waals surface area contributed by atoms with E-state index in [1.807, 2.05) is 18.2 Å². The maximum Gasteiger partial charge on any atom is 0.262 e. The van der Waals surface area contributed by atoms with Gasteiger partial charge in [-0.2, -0.15) is 0 Å². The molecule has 6 heteroatoms. The van der Waals surface area contributed by atoms with Crippen LogP contribution in [0.4, 0.5) is 5.69 Å². The Hall–Kier alpha value is -3.15. The van der Waals surface area contributed by atoms with E-state index in [4.69, 9.17) is 9.47 Å². The second-order valence-electron chi connectivity index (χ2n) is 5.60. The number of benzene rings is 2. The summed E-state index contributed by atoms with van der Waals surface area (Å²) in [5.41, 5.74) is 1.22. The summed E-state index contributed by atoms with van der Waals surface area (Å²) in [5, 5.41) is 2.70. The number of carbonyl (C=O) groups excluding carboxylic acids is 3. The third-order valence-corrected chi connectivity index (χ3v) is 3.76. The van der Waals surface area contributed by atoms with Crippen molar-refractivity contribution in [2.45, 2.75) is 13.3 Å². The molecule has 0 spiro atoms. The minimum absolute atomic E-state index is 0.0721. The molecular formula is C19H17NO5. The first-order valence-corrected chi connectivity index (χ1v) is 7.88. The first kappa shape index (κ1) is 16.7. The summed E-state index contributed by atoms with van der Waals surface area (Å²) in [6, 6.07) is 12.1. The summed E-state index contributed by atoms with van der Waals surface area (Å²) in [5.74, 6) is -0.244. The van der Waals surface area contributed by atoms with Crippen molar-refractivity contribution in [2.75, 3.05) is 18.5 Å². The van der Waals surface area contributed by atoms with Crippen LogP contribution < -0.4 is 14.8 Å². The number of fused-ring (bicyclic) bond motifs is 1. The molecule has 0 saturated heterocycles. The van der Waals surface area contributed by atoms with Gasteiger partial charge in [-0.3, -0.25) is 14.4 Å². The fourth-order valence-corrected chi connectivity index (χ4v) is 2.63. The number of ketones is 2. The van der Waals surface area contributed by atoms with Crippen LogP contribution in [0.3, 0.4) is 0 Å². The molecule has 3 rings (SSSR count). The van der Waals surface area contributed by atoms with Gasteiger partial charge in [0.1, 0.15) is 17.1 Å². The van der Waals surface area contributed by atoms with E-state index in [1.54, 1.807) is 18.2 Å². The molecule has 6 nitrogen and oxygen atoms in total. The van der Waals surface area contributed by atoms with E-state index in [0.717, 1.165) is 0 Å². The SMILES string of the molecule is CC(=O)c1c(OCC(=O)Nc2ccccc2)ccc2c1OCCC2=O. The highest BCUT2D eigenvalue weighted by molar-refractivity contribution is 6.07. The monoisotopic (exact) mass is 339 g/mol. The number of amides is 1. The second-order valence-corrected chi connectivity index (χ2v) is 5.60.